The Morgan fingerprint density at radius 1 is 1.27 bits per heavy atom. The van der Waals surface area contributed by atoms with E-state index >= 15 is 0 Å². The van der Waals surface area contributed by atoms with Gasteiger partial charge in [0, 0.05) is 30.1 Å². The molecular formula is C15H10N2O5. The molecule has 0 aliphatic heterocycles. The highest BCUT2D eigenvalue weighted by atomic mass is 16.5. The molecule has 3 rings (SSSR count). The summed E-state index contributed by atoms with van der Waals surface area (Å²) in [5.41, 5.74) is -0.129. The van der Waals surface area contributed by atoms with Crippen LogP contribution in [0.1, 0.15) is 0 Å². The van der Waals surface area contributed by atoms with Crippen LogP contribution in [0.3, 0.4) is 0 Å². The summed E-state index contributed by atoms with van der Waals surface area (Å²) in [4.78, 5) is 27.1. The van der Waals surface area contributed by atoms with Crippen LogP contribution in [0.2, 0.25) is 0 Å². The molecule has 22 heavy (non-hydrogen) atoms. The summed E-state index contributed by atoms with van der Waals surface area (Å²) in [5, 5.41) is 12.5. The van der Waals surface area contributed by atoms with Crippen LogP contribution >= 0.6 is 0 Å². The number of phenolic OH excluding ortho intramolecular Hbond substituents is 1. The van der Waals surface area contributed by atoms with Gasteiger partial charge in [-0.05, 0) is 17.3 Å². The number of hydrogen-bond acceptors (Lipinski definition) is 7. The molecule has 1 aromatic carbocycles. The van der Waals surface area contributed by atoms with Gasteiger partial charge in [0.05, 0.1) is 12.5 Å². The summed E-state index contributed by atoms with van der Waals surface area (Å²) in [6.07, 6.45) is 3.13. The van der Waals surface area contributed by atoms with Gasteiger partial charge in [0.25, 0.3) is 0 Å². The molecule has 0 atom stereocenters. The first kappa shape index (κ1) is 13.7. The fourth-order valence-corrected chi connectivity index (χ4v) is 2.17. The van der Waals surface area contributed by atoms with E-state index in [-0.39, 0.29) is 16.7 Å². The number of nitrogens with zero attached hydrogens (tertiary/aromatic N) is 2. The molecule has 2 heterocycles. The molecular weight excluding hydrogens is 288 g/mol. The number of nitroso groups, excluding NO2 is 1. The largest absolute Gasteiger partial charge is 0.503 e. The van der Waals surface area contributed by atoms with Gasteiger partial charge in [-0.1, -0.05) is 0 Å². The average molecular weight is 298 g/mol. The molecule has 0 bridgehead atoms. The topological polar surface area (TPSA) is 102 Å². The molecule has 0 saturated heterocycles. The molecule has 1 N–H and O–H groups in total. The standard InChI is InChI=1S/C15H10N2O5/c1-21-12-7-11-13(14(17-20)15(12)19)9(18)6-10(22-11)8-2-4-16-5-3-8/h2-7,19H,1H3. The first-order valence-electron chi connectivity index (χ1n) is 6.27. The summed E-state index contributed by atoms with van der Waals surface area (Å²) in [5.74, 6) is -0.185. The van der Waals surface area contributed by atoms with E-state index in [1.54, 1.807) is 24.5 Å². The smallest absolute Gasteiger partial charge is 0.195 e. The van der Waals surface area contributed by atoms with Crippen LogP contribution in [0, 0.1) is 4.91 Å². The molecule has 110 valence electrons. The fraction of sp³-hybridized carbons (Fsp3) is 0.0667. The molecule has 0 spiro atoms. The minimum Gasteiger partial charge on any atom is -0.503 e. The second-order valence-corrected chi connectivity index (χ2v) is 4.45. The van der Waals surface area contributed by atoms with E-state index in [0.717, 1.165) is 0 Å². The van der Waals surface area contributed by atoms with E-state index in [4.69, 9.17) is 9.15 Å². The number of aromatic hydroxyl groups is 1. The van der Waals surface area contributed by atoms with Crippen LogP contribution in [0.15, 0.2) is 51.0 Å². The van der Waals surface area contributed by atoms with Gasteiger partial charge in [0.1, 0.15) is 11.3 Å². The normalized spacial score (nSPS) is 10.6. The van der Waals surface area contributed by atoms with E-state index in [0.29, 0.717) is 11.3 Å². The quantitative estimate of drug-likeness (QED) is 0.746. The zero-order chi connectivity index (χ0) is 15.7. The molecule has 7 nitrogen and oxygen atoms in total. The molecule has 0 aliphatic rings. The summed E-state index contributed by atoms with van der Waals surface area (Å²) in [7, 11) is 1.32. The Morgan fingerprint density at radius 3 is 2.64 bits per heavy atom. The Labute approximate surface area is 123 Å². The van der Waals surface area contributed by atoms with Gasteiger partial charge in [-0.3, -0.25) is 9.78 Å². The lowest BCUT2D eigenvalue weighted by atomic mass is 10.1. The van der Waals surface area contributed by atoms with Crippen molar-refractivity contribution in [2.45, 2.75) is 0 Å². The summed E-state index contributed by atoms with van der Waals surface area (Å²) >= 11 is 0. The highest BCUT2D eigenvalue weighted by molar-refractivity contribution is 5.94. The van der Waals surface area contributed by atoms with E-state index in [2.05, 4.69) is 10.2 Å². The lowest BCUT2D eigenvalue weighted by Gasteiger charge is -2.08. The SMILES string of the molecule is COc1cc2oc(-c3ccncc3)cc(=O)c2c(N=O)c1O. The molecule has 7 heteroatoms. The number of fused-ring (bicyclic) bond motifs is 1. The highest BCUT2D eigenvalue weighted by Gasteiger charge is 2.19. The van der Waals surface area contributed by atoms with Gasteiger partial charge >= 0.3 is 0 Å². The van der Waals surface area contributed by atoms with Gasteiger partial charge < -0.3 is 14.3 Å². The van der Waals surface area contributed by atoms with E-state index in [1.807, 2.05) is 0 Å². The number of hydrogen-bond donors (Lipinski definition) is 1. The van der Waals surface area contributed by atoms with Gasteiger partial charge in [0.2, 0.25) is 0 Å². The Hall–Kier alpha value is -3.22. The fourth-order valence-electron chi connectivity index (χ4n) is 2.17. The molecule has 0 aliphatic carbocycles. The Kier molecular flexibility index (Phi) is 3.30. The van der Waals surface area contributed by atoms with Crippen LogP contribution in [-0.2, 0) is 0 Å². The van der Waals surface area contributed by atoms with Crippen molar-refractivity contribution in [2.24, 2.45) is 5.18 Å². The predicted molar refractivity (Wildman–Crippen MR) is 79.4 cm³/mol. The first-order valence-corrected chi connectivity index (χ1v) is 6.27. The number of rotatable bonds is 3. The lowest BCUT2D eigenvalue weighted by Crippen LogP contribution is -2.01. The van der Waals surface area contributed by atoms with Crippen molar-refractivity contribution in [3.63, 3.8) is 0 Å². The van der Waals surface area contributed by atoms with Crippen LogP contribution < -0.4 is 10.2 Å². The van der Waals surface area contributed by atoms with Crippen molar-refractivity contribution in [1.82, 2.24) is 4.98 Å². The van der Waals surface area contributed by atoms with Gasteiger partial charge in [-0.15, -0.1) is 4.91 Å². The number of ether oxygens (including phenoxy) is 1. The van der Waals surface area contributed by atoms with Gasteiger partial charge in [0.15, 0.2) is 22.6 Å². The van der Waals surface area contributed by atoms with Crippen LogP contribution in [0.5, 0.6) is 11.5 Å². The predicted octanol–water partition coefficient (Wildman–Crippen LogP) is 2.97. The Bertz CT molecular complexity index is 919. The molecule has 0 radical (unpaired) electrons. The minimum absolute atomic E-state index is 0.00266. The van der Waals surface area contributed by atoms with Crippen molar-refractivity contribution in [3.05, 3.63) is 51.8 Å². The molecule has 0 amide bonds. The number of aromatic nitrogens is 1. The molecule has 0 unspecified atom stereocenters. The van der Waals surface area contributed by atoms with E-state index in [9.17, 15) is 14.8 Å². The van der Waals surface area contributed by atoms with Crippen molar-refractivity contribution in [1.29, 1.82) is 0 Å². The second-order valence-electron chi connectivity index (χ2n) is 4.45. The monoisotopic (exact) mass is 298 g/mol. The maximum Gasteiger partial charge on any atom is 0.195 e. The summed E-state index contributed by atoms with van der Waals surface area (Å²) in [6.45, 7) is 0. The average Bonchev–Trinajstić information content (AvgIpc) is 2.55. The molecule has 0 fully saturated rings. The van der Waals surface area contributed by atoms with Gasteiger partial charge in [-0.25, -0.2) is 0 Å². The van der Waals surface area contributed by atoms with E-state index < -0.39 is 16.9 Å². The third-order valence-corrected chi connectivity index (χ3v) is 3.21. The Morgan fingerprint density at radius 2 is 2.00 bits per heavy atom. The number of pyridine rings is 1. The van der Waals surface area contributed by atoms with Crippen molar-refractivity contribution in [3.8, 4) is 22.8 Å². The van der Waals surface area contributed by atoms with Crippen LogP contribution in [0.4, 0.5) is 5.69 Å². The maximum absolute atomic E-state index is 12.3. The second kappa shape index (κ2) is 5.28. The van der Waals surface area contributed by atoms with Crippen molar-refractivity contribution >= 4 is 16.7 Å². The maximum atomic E-state index is 12.3. The highest BCUT2D eigenvalue weighted by Crippen LogP contribution is 2.41. The molecule has 3 aromatic rings. The summed E-state index contributed by atoms with van der Waals surface area (Å²) < 4.78 is 10.6. The first-order chi connectivity index (χ1) is 10.7. The third-order valence-electron chi connectivity index (χ3n) is 3.21. The third kappa shape index (κ3) is 2.08. The number of phenols is 1. The zero-order valence-electron chi connectivity index (χ0n) is 11.4. The number of benzene rings is 1. The minimum atomic E-state index is -0.492. The van der Waals surface area contributed by atoms with Crippen LogP contribution in [-0.4, -0.2) is 17.2 Å². The van der Waals surface area contributed by atoms with Crippen LogP contribution in [0.25, 0.3) is 22.3 Å². The molecule has 2 aromatic heterocycles. The summed E-state index contributed by atoms with van der Waals surface area (Å²) in [6, 6.07) is 5.94. The lowest BCUT2D eigenvalue weighted by molar-refractivity contribution is 0.374. The van der Waals surface area contributed by atoms with E-state index in [1.165, 1.54) is 19.2 Å². The zero-order valence-corrected chi connectivity index (χ0v) is 11.4. The van der Waals surface area contributed by atoms with Crippen molar-refractivity contribution < 1.29 is 14.3 Å². The van der Waals surface area contributed by atoms with Crippen molar-refractivity contribution in [2.75, 3.05) is 7.11 Å². The Balaban J connectivity index is 2.38. The van der Waals surface area contributed by atoms with Gasteiger partial charge in [-0.2, -0.15) is 0 Å². The molecule has 0 saturated carbocycles. The number of methoxy groups -OCH3 is 1.